The fraction of sp³-hybridized carbons (Fsp3) is 0.300. The molecule has 0 radical (unpaired) electrons. The quantitative estimate of drug-likeness (QED) is 0.614. The van der Waals surface area contributed by atoms with Crippen molar-refractivity contribution in [2.45, 2.75) is 13.3 Å². The smallest absolute Gasteiger partial charge is 0.273 e. The molecule has 1 aliphatic rings. The summed E-state index contributed by atoms with van der Waals surface area (Å²) in [6, 6.07) is 13.7. The fourth-order valence-electron chi connectivity index (χ4n) is 3.15. The Kier molecular flexibility index (Phi) is 5.49. The lowest BCUT2D eigenvalue weighted by Crippen LogP contribution is -2.51. The van der Waals surface area contributed by atoms with Crippen molar-refractivity contribution in [1.29, 1.82) is 0 Å². The molecule has 1 heterocycles. The number of nitro groups is 1. The van der Waals surface area contributed by atoms with Gasteiger partial charge in [-0.05, 0) is 19.1 Å². The van der Waals surface area contributed by atoms with Gasteiger partial charge in [0.1, 0.15) is 0 Å². The molecule has 0 spiro atoms. The van der Waals surface area contributed by atoms with Crippen molar-refractivity contribution < 1.29 is 14.5 Å². The van der Waals surface area contributed by atoms with E-state index in [-0.39, 0.29) is 23.9 Å². The molecule has 140 valence electrons. The molecule has 0 aromatic heterocycles. The van der Waals surface area contributed by atoms with E-state index in [0.717, 1.165) is 5.56 Å². The summed E-state index contributed by atoms with van der Waals surface area (Å²) in [5.74, 6) is -0.201. The topological polar surface area (TPSA) is 83.8 Å². The summed E-state index contributed by atoms with van der Waals surface area (Å²) in [6.07, 6.45) is -0.0109. The Morgan fingerprint density at radius 3 is 2.19 bits per heavy atom. The number of rotatable bonds is 4. The van der Waals surface area contributed by atoms with Crippen molar-refractivity contribution >= 4 is 17.5 Å². The Labute approximate surface area is 157 Å². The van der Waals surface area contributed by atoms with Crippen LogP contribution in [-0.2, 0) is 11.2 Å². The van der Waals surface area contributed by atoms with Crippen LogP contribution in [0, 0.1) is 17.0 Å². The van der Waals surface area contributed by atoms with Gasteiger partial charge in [-0.2, -0.15) is 0 Å². The largest absolute Gasteiger partial charge is 0.339 e. The monoisotopic (exact) mass is 367 g/mol. The molecule has 0 atom stereocenters. The molecule has 2 aromatic carbocycles. The minimum atomic E-state index is -0.471. The molecule has 2 aromatic rings. The van der Waals surface area contributed by atoms with Crippen molar-refractivity contribution in [3.05, 3.63) is 75.3 Å². The molecule has 1 saturated heterocycles. The highest BCUT2D eigenvalue weighted by atomic mass is 16.6. The molecule has 1 aliphatic heterocycles. The standard InChI is InChI=1S/C20H21N3O4/c1-15-6-8-16(9-7-15)20(25)22-12-10-21(11-13-22)19(24)14-17-4-2-3-5-18(17)23(26)27/h2-9H,10-14H2,1H3. The second-order valence-electron chi connectivity index (χ2n) is 6.60. The molecule has 0 saturated carbocycles. The zero-order valence-electron chi connectivity index (χ0n) is 15.1. The summed E-state index contributed by atoms with van der Waals surface area (Å²) < 4.78 is 0. The summed E-state index contributed by atoms with van der Waals surface area (Å²) in [5.41, 5.74) is 2.10. The average Bonchev–Trinajstić information content (AvgIpc) is 2.68. The van der Waals surface area contributed by atoms with Crippen LogP contribution < -0.4 is 0 Å². The lowest BCUT2D eigenvalue weighted by molar-refractivity contribution is -0.385. The SMILES string of the molecule is Cc1ccc(C(=O)N2CCN(C(=O)Cc3ccccc3[N+](=O)[O-])CC2)cc1. The number of nitro benzene ring substituents is 1. The molecule has 1 fully saturated rings. The van der Waals surface area contributed by atoms with Crippen LogP contribution in [0.4, 0.5) is 5.69 Å². The summed E-state index contributed by atoms with van der Waals surface area (Å²) >= 11 is 0. The first-order valence-corrected chi connectivity index (χ1v) is 8.81. The number of aryl methyl sites for hydroxylation is 1. The average molecular weight is 367 g/mol. The van der Waals surface area contributed by atoms with Gasteiger partial charge in [-0.1, -0.05) is 35.9 Å². The molecule has 0 unspecified atom stereocenters. The van der Waals surface area contributed by atoms with Crippen molar-refractivity contribution in [3.63, 3.8) is 0 Å². The van der Waals surface area contributed by atoms with Crippen LogP contribution in [0.1, 0.15) is 21.5 Å². The highest BCUT2D eigenvalue weighted by Gasteiger charge is 2.26. The van der Waals surface area contributed by atoms with E-state index in [1.54, 1.807) is 28.0 Å². The Balaban J connectivity index is 1.59. The van der Waals surface area contributed by atoms with Crippen LogP contribution in [0.2, 0.25) is 0 Å². The van der Waals surface area contributed by atoms with Gasteiger partial charge in [0.15, 0.2) is 0 Å². The first-order chi connectivity index (χ1) is 13.0. The molecule has 7 nitrogen and oxygen atoms in total. The second-order valence-corrected chi connectivity index (χ2v) is 6.60. The van der Waals surface area contributed by atoms with E-state index in [9.17, 15) is 19.7 Å². The number of amides is 2. The van der Waals surface area contributed by atoms with Gasteiger partial charge in [-0.15, -0.1) is 0 Å². The van der Waals surface area contributed by atoms with E-state index >= 15 is 0 Å². The maximum atomic E-state index is 12.5. The highest BCUT2D eigenvalue weighted by molar-refractivity contribution is 5.94. The summed E-state index contributed by atoms with van der Waals surface area (Å²) in [4.78, 5) is 39.1. The van der Waals surface area contributed by atoms with Crippen molar-refractivity contribution in [1.82, 2.24) is 9.80 Å². The third kappa shape index (κ3) is 4.31. The minimum Gasteiger partial charge on any atom is -0.339 e. The zero-order valence-corrected chi connectivity index (χ0v) is 15.1. The van der Waals surface area contributed by atoms with Gasteiger partial charge in [0, 0.05) is 43.4 Å². The van der Waals surface area contributed by atoms with Gasteiger partial charge in [-0.25, -0.2) is 0 Å². The Hall–Kier alpha value is -3.22. The normalized spacial score (nSPS) is 14.1. The number of carbonyl (C=O) groups is 2. The number of carbonyl (C=O) groups excluding carboxylic acids is 2. The van der Waals surface area contributed by atoms with Gasteiger partial charge >= 0.3 is 0 Å². The maximum absolute atomic E-state index is 12.5. The Morgan fingerprint density at radius 2 is 1.56 bits per heavy atom. The number of piperazine rings is 1. The predicted molar refractivity (Wildman–Crippen MR) is 100 cm³/mol. The maximum Gasteiger partial charge on any atom is 0.273 e. The van der Waals surface area contributed by atoms with Crippen LogP contribution >= 0.6 is 0 Å². The first-order valence-electron chi connectivity index (χ1n) is 8.81. The third-order valence-corrected chi connectivity index (χ3v) is 4.75. The predicted octanol–water partition coefficient (Wildman–Crippen LogP) is 2.43. The van der Waals surface area contributed by atoms with Gasteiger partial charge in [0.2, 0.25) is 5.91 Å². The van der Waals surface area contributed by atoms with Crippen molar-refractivity contribution in [3.8, 4) is 0 Å². The van der Waals surface area contributed by atoms with Gasteiger partial charge in [0.25, 0.3) is 11.6 Å². The number of hydrogen-bond acceptors (Lipinski definition) is 4. The van der Waals surface area contributed by atoms with E-state index in [2.05, 4.69) is 0 Å². The lowest BCUT2D eigenvalue weighted by Gasteiger charge is -2.35. The van der Waals surface area contributed by atoms with Crippen LogP contribution in [0.15, 0.2) is 48.5 Å². The van der Waals surface area contributed by atoms with Gasteiger partial charge < -0.3 is 9.80 Å². The van der Waals surface area contributed by atoms with Crippen LogP contribution in [0.25, 0.3) is 0 Å². The molecule has 0 aliphatic carbocycles. The van der Waals surface area contributed by atoms with Crippen LogP contribution in [0.3, 0.4) is 0 Å². The number of hydrogen-bond donors (Lipinski definition) is 0. The second kappa shape index (κ2) is 7.99. The molecule has 0 N–H and O–H groups in total. The van der Waals surface area contributed by atoms with Gasteiger partial charge in [-0.3, -0.25) is 19.7 Å². The summed E-state index contributed by atoms with van der Waals surface area (Å²) in [7, 11) is 0. The summed E-state index contributed by atoms with van der Waals surface area (Å²) in [5, 5.41) is 11.1. The van der Waals surface area contributed by atoms with E-state index in [0.29, 0.717) is 37.3 Å². The van der Waals surface area contributed by atoms with Crippen LogP contribution in [0.5, 0.6) is 0 Å². The molecule has 3 rings (SSSR count). The lowest BCUT2D eigenvalue weighted by atomic mass is 10.1. The van der Waals surface area contributed by atoms with Crippen LogP contribution in [-0.4, -0.2) is 52.7 Å². The fourth-order valence-corrected chi connectivity index (χ4v) is 3.15. The zero-order chi connectivity index (χ0) is 19.4. The number of nitrogens with zero attached hydrogens (tertiary/aromatic N) is 3. The Bertz CT molecular complexity index is 856. The number of para-hydroxylation sites is 1. The molecular weight excluding hydrogens is 346 g/mol. The van der Waals surface area contributed by atoms with Crippen molar-refractivity contribution in [2.24, 2.45) is 0 Å². The van der Waals surface area contributed by atoms with E-state index in [4.69, 9.17) is 0 Å². The summed E-state index contributed by atoms with van der Waals surface area (Å²) in [6.45, 7) is 3.73. The minimum absolute atomic E-state index is 0.0109. The molecule has 0 bridgehead atoms. The Morgan fingerprint density at radius 1 is 0.963 bits per heavy atom. The molecular formula is C20H21N3O4. The molecule has 7 heteroatoms. The number of benzene rings is 2. The van der Waals surface area contributed by atoms with Crippen molar-refractivity contribution in [2.75, 3.05) is 26.2 Å². The highest BCUT2D eigenvalue weighted by Crippen LogP contribution is 2.19. The molecule has 27 heavy (non-hydrogen) atoms. The molecule has 2 amide bonds. The van der Waals surface area contributed by atoms with E-state index in [1.807, 2.05) is 31.2 Å². The van der Waals surface area contributed by atoms with Gasteiger partial charge in [0.05, 0.1) is 11.3 Å². The first kappa shape index (κ1) is 18.6. The van der Waals surface area contributed by atoms with E-state index in [1.165, 1.54) is 6.07 Å². The van der Waals surface area contributed by atoms with E-state index < -0.39 is 4.92 Å². The third-order valence-electron chi connectivity index (χ3n) is 4.75.